The Kier molecular flexibility index (Phi) is 3.18. The average molecular weight is 337 g/mol. The van der Waals surface area contributed by atoms with E-state index < -0.39 is 17.6 Å². The molecule has 0 atom stereocenters. The van der Waals surface area contributed by atoms with Crippen LogP contribution in [0.1, 0.15) is 26.3 Å². The molecule has 0 saturated carbocycles. The fourth-order valence-corrected chi connectivity index (χ4v) is 3.03. The number of hydrogen-bond donors (Lipinski definition) is 2. The topological polar surface area (TPSA) is 96.5 Å². The van der Waals surface area contributed by atoms with Crippen LogP contribution in [0.3, 0.4) is 0 Å². The lowest BCUT2D eigenvalue weighted by Gasteiger charge is -2.13. The van der Waals surface area contributed by atoms with Crippen molar-refractivity contribution in [2.45, 2.75) is 6.54 Å². The molecule has 0 saturated heterocycles. The molecule has 6 nitrogen and oxygen atoms in total. The molecule has 0 aliphatic carbocycles. The Labute approximate surface area is 141 Å². The third kappa shape index (κ3) is 2.13. The first-order valence-electron chi connectivity index (χ1n) is 7.49. The van der Waals surface area contributed by atoms with Gasteiger partial charge in [0.1, 0.15) is 11.3 Å². The number of carbonyl (C=O) groups excluding carboxylic acids is 2. The van der Waals surface area contributed by atoms with Crippen LogP contribution in [0, 0.1) is 5.82 Å². The molecule has 1 aromatic heterocycles. The Morgan fingerprint density at radius 2 is 1.76 bits per heavy atom. The number of phenolic OH excluding ortho intramolecular Hbond substituents is 1. The zero-order valence-corrected chi connectivity index (χ0v) is 12.9. The molecule has 1 aliphatic heterocycles. The Bertz CT molecular complexity index is 987. The van der Waals surface area contributed by atoms with Crippen LogP contribution in [0.2, 0.25) is 0 Å². The molecule has 0 radical (unpaired) electrons. The maximum Gasteiger partial charge on any atom is 0.265 e. The van der Waals surface area contributed by atoms with Crippen LogP contribution < -0.4 is 5.73 Å². The molecule has 2 heterocycles. The number of imide groups is 1. The van der Waals surface area contributed by atoms with Gasteiger partial charge < -0.3 is 10.8 Å². The number of nitrogens with two attached hydrogens (primary N) is 1. The van der Waals surface area contributed by atoms with Crippen LogP contribution in [-0.4, -0.2) is 26.8 Å². The third-order valence-corrected chi connectivity index (χ3v) is 4.25. The van der Waals surface area contributed by atoms with Crippen molar-refractivity contribution in [2.75, 3.05) is 5.73 Å². The number of phenols is 1. The van der Waals surface area contributed by atoms with E-state index in [0.29, 0.717) is 10.9 Å². The minimum absolute atomic E-state index is 0.0230. The van der Waals surface area contributed by atoms with E-state index in [9.17, 15) is 19.1 Å². The van der Waals surface area contributed by atoms with Crippen molar-refractivity contribution >= 4 is 28.4 Å². The van der Waals surface area contributed by atoms with Crippen molar-refractivity contribution in [3.63, 3.8) is 0 Å². The molecule has 0 fully saturated rings. The number of carbonyl (C=O) groups is 2. The average Bonchev–Trinajstić information content (AvgIpc) is 2.86. The number of anilines is 1. The molecule has 4 rings (SSSR count). The number of pyridine rings is 1. The van der Waals surface area contributed by atoms with E-state index in [4.69, 9.17) is 5.73 Å². The third-order valence-electron chi connectivity index (χ3n) is 4.25. The summed E-state index contributed by atoms with van der Waals surface area (Å²) < 4.78 is 13.0. The number of fused-ring (bicyclic) bond motifs is 2. The number of halogens is 1. The Morgan fingerprint density at radius 3 is 2.48 bits per heavy atom. The molecular formula is C18H12FN3O3. The van der Waals surface area contributed by atoms with E-state index in [1.807, 2.05) is 0 Å². The number of hydrogen-bond acceptors (Lipinski definition) is 5. The van der Waals surface area contributed by atoms with Crippen molar-refractivity contribution < 1.29 is 19.1 Å². The second-order valence-electron chi connectivity index (χ2n) is 5.73. The number of amides is 2. The fraction of sp³-hybridized carbons (Fsp3) is 0.0556. The number of nitrogen functional groups attached to an aromatic ring is 1. The molecule has 0 spiro atoms. The Balaban J connectivity index is 1.84. The lowest BCUT2D eigenvalue weighted by atomic mass is 10.0. The highest BCUT2D eigenvalue weighted by atomic mass is 19.1. The van der Waals surface area contributed by atoms with Gasteiger partial charge in [0.05, 0.1) is 23.4 Å². The molecule has 3 aromatic rings. The Hall–Kier alpha value is -3.48. The van der Waals surface area contributed by atoms with Crippen LogP contribution in [0.5, 0.6) is 5.75 Å². The lowest BCUT2D eigenvalue weighted by Crippen LogP contribution is -2.29. The zero-order chi connectivity index (χ0) is 17.7. The van der Waals surface area contributed by atoms with Gasteiger partial charge >= 0.3 is 0 Å². The van der Waals surface area contributed by atoms with Gasteiger partial charge in [-0.25, -0.2) is 4.39 Å². The van der Waals surface area contributed by atoms with Gasteiger partial charge in [-0.1, -0.05) is 12.1 Å². The molecule has 124 valence electrons. The van der Waals surface area contributed by atoms with E-state index in [1.165, 1.54) is 30.5 Å². The van der Waals surface area contributed by atoms with Crippen LogP contribution in [0.15, 0.2) is 42.6 Å². The maximum atomic E-state index is 13.0. The smallest absolute Gasteiger partial charge is 0.265 e. The molecule has 2 amide bonds. The monoisotopic (exact) mass is 337 g/mol. The van der Waals surface area contributed by atoms with Gasteiger partial charge in [0, 0.05) is 11.6 Å². The quantitative estimate of drug-likeness (QED) is 0.425. The maximum absolute atomic E-state index is 13.0. The van der Waals surface area contributed by atoms with E-state index in [0.717, 1.165) is 4.90 Å². The summed E-state index contributed by atoms with van der Waals surface area (Å²) in [6.45, 7) is -0.0463. The number of aromatic hydroxyl groups is 1. The first kappa shape index (κ1) is 15.1. The second kappa shape index (κ2) is 5.27. The summed E-state index contributed by atoms with van der Waals surface area (Å²) in [5.41, 5.74) is 6.76. The molecule has 1 aliphatic rings. The number of rotatable bonds is 2. The molecule has 0 bridgehead atoms. The minimum atomic E-state index is -0.652. The summed E-state index contributed by atoms with van der Waals surface area (Å²) in [6.07, 6.45) is 1.46. The van der Waals surface area contributed by atoms with Gasteiger partial charge in [0.25, 0.3) is 11.8 Å². The van der Waals surface area contributed by atoms with E-state index >= 15 is 0 Å². The molecule has 25 heavy (non-hydrogen) atoms. The van der Waals surface area contributed by atoms with Crippen molar-refractivity contribution in [3.05, 3.63) is 65.1 Å². The number of aromatic nitrogens is 1. The lowest BCUT2D eigenvalue weighted by molar-refractivity contribution is 0.0642. The van der Waals surface area contributed by atoms with Crippen LogP contribution in [0.25, 0.3) is 10.9 Å². The Morgan fingerprint density at radius 1 is 1.08 bits per heavy atom. The molecule has 0 unspecified atom stereocenters. The van der Waals surface area contributed by atoms with Crippen LogP contribution in [-0.2, 0) is 6.54 Å². The van der Waals surface area contributed by atoms with Crippen LogP contribution in [0.4, 0.5) is 10.1 Å². The second-order valence-corrected chi connectivity index (χ2v) is 5.73. The highest BCUT2D eigenvalue weighted by molar-refractivity contribution is 6.28. The van der Waals surface area contributed by atoms with Gasteiger partial charge in [-0.15, -0.1) is 0 Å². The first-order valence-corrected chi connectivity index (χ1v) is 7.49. The van der Waals surface area contributed by atoms with E-state index in [2.05, 4.69) is 4.98 Å². The van der Waals surface area contributed by atoms with Gasteiger partial charge in [-0.3, -0.25) is 19.5 Å². The summed E-state index contributed by atoms with van der Waals surface area (Å²) in [7, 11) is 0. The highest BCUT2D eigenvalue weighted by Gasteiger charge is 2.41. The fourth-order valence-electron chi connectivity index (χ4n) is 3.03. The number of nitrogens with zero attached hydrogens (tertiary/aromatic N) is 2. The van der Waals surface area contributed by atoms with Crippen molar-refractivity contribution in [1.82, 2.24) is 9.88 Å². The summed E-state index contributed by atoms with van der Waals surface area (Å²) in [5, 5.41) is 10.8. The molecule has 2 aromatic carbocycles. The molecule has 7 heteroatoms. The van der Waals surface area contributed by atoms with Gasteiger partial charge in [0.2, 0.25) is 0 Å². The summed E-state index contributed by atoms with van der Waals surface area (Å²) in [5.74, 6) is -2.02. The summed E-state index contributed by atoms with van der Waals surface area (Å²) in [4.78, 5) is 30.4. The summed E-state index contributed by atoms with van der Waals surface area (Å²) >= 11 is 0. The first-order chi connectivity index (χ1) is 12.0. The molecular weight excluding hydrogens is 325 g/mol. The predicted molar refractivity (Wildman–Crippen MR) is 88.4 cm³/mol. The van der Waals surface area contributed by atoms with Crippen molar-refractivity contribution in [3.8, 4) is 5.75 Å². The largest absolute Gasteiger partial charge is 0.505 e. The zero-order valence-electron chi connectivity index (χ0n) is 12.9. The van der Waals surface area contributed by atoms with E-state index in [-0.39, 0.29) is 34.6 Å². The molecule has 3 N–H and O–H groups in total. The van der Waals surface area contributed by atoms with Gasteiger partial charge in [-0.05, 0) is 29.8 Å². The predicted octanol–water partition coefficient (Wildman–Crippen LogP) is 2.46. The normalized spacial score (nSPS) is 13.6. The van der Waals surface area contributed by atoms with E-state index in [1.54, 1.807) is 12.1 Å². The van der Waals surface area contributed by atoms with Crippen LogP contribution >= 0.6 is 0 Å². The standard InChI is InChI=1S/C18H12FN3O3/c19-10-5-3-9(4-6-10)8-22-17(24)12-13(18(22)25)16(23)15-11(14(12)20)2-1-7-21-15/h1-7,23H,8,20H2. The SMILES string of the molecule is Nc1c2c(c(O)c3ncccc13)C(=O)N(Cc1ccc(F)cc1)C2=O. The van der Waals surface area contributed by atoms with Crippen molar-refractivity contribution in [1.29, 1.82) is 0 Å². The highest BCUT2D eigenvalue weighted by Crippen LogP contribution is 2.41. The van der Waals surface area contributed by atoms with Gasteiger partial charge in [0.15, 0.2) is 5.75 Å². The van der Waals surface area contributed by atoms with Gasteiger partial charge in [-0.2, -0.15) is 0 Å². The minimum Gasteiger partial charge on any atom is -0.505 e. The van der Waals surface area contributed by atoms with Crippen molar-refractivity contribution in [2.24, 2.45) is 0 Å². The number of benzene rings is 2. The summed E-state index contributed by atoms with van der Waals surface area (Å²) in [6, 6.07) is 8.72.